The van der Waals surface area contributed by atoms with Gasteiger partial charge in [-0.1, -0.05) is 133 Å². The highest BCUT2D eigenvalue weighted by molar-refractivity contribution is 6.10. The van der Waals surface area contributed by atoms with E-state index in [-0.39, 0.29) is 6.23 Å². The van der Waals surface area contributed by atoms with Crippen molar-refractivity contribution in [3.63, 3.8) is 0 Å². The van der Waals surface area contributed by atoms with E-state index in [1.165, 1.54) is 43.6 Å². The summed E-state index contributed by atoms with van der Waals surface area (Å²) in [7, 11) is 0. The van der Waals surface area contributed by atoms with Crippen molar-refractivity contribution in [3.8, 4) is 39.4 Å². The molecule has 8 aromatic carbocycles. The van der Waals surface area contributed by atoms with Crippen LogP contribution in [0.15, 0.2) is 188 Å². The highest BCUT2D eigenvalue weighted by atomic mass is 16.5. The van der Waals surface area contributed by atoms with Crippen LogP contribution in [0.3, 0.4) is 0 Å². The molecule has 0 aliphatic carbocycles. The van der Waals surface area contributed by atoms with E-state index in [1.807, 2.05) is 6.07 Å². The van der Waals surface area contributed by atoms with Gasteiger partial charge in [-0.05, 0) is 71.3 Å². The summed E-state index contributed by atoms with van der Waals surface area (Å²) >= 11 is 0. The molecule has 10 aromatic rings. The Balaban J connectivity index is 1.20. The third kappa shape index (κ3) is 4.69. The van der Waals surface area contributed by atoms with Crippen LogP contribution in [-0.2, 0) is 0 Å². The molecule has 11 rings (SSSR count). The first-order valence-electron chi connectivity index (χ1n) is 18.1. The molecule has 3 heterocycles. The molecule has 0 bridgehead atoms. The van der Waals surface area contributed by atoms with Crippen molar-refractivity contribution in [3.05, 3.63) is 194 Å². The number of hydrogen-bond donors (Lipinski definition) is 1. The predicted molar refractivity (Wildman–Crippen MR) is 219 cm³/mol. The predicted octanol–water partition coefficient (Wildman–Crippen LogP) is 12.7. The van der Waals surface area contributed by atoms with Crippen LogP contribution < -0.4 is 10.1 Å². The van der Waals surface area contributed by atoms with E-state index in [2.05, 4.69) is 196 Å². The number of hydrogen-bond acceptors (Lipinski definition) is 2. The van der Waals surface area contributed by atoms with E-state index in [9.17, 15) is 0 Å². The lowest BCUT2D eigenvalue weighted by Gasteiger charge is -2.17. The number of anilines is 1. The first-order valence-corrected chi connectivity index (χ1v) is 18.1. The van der Waals surface area contributed by atoms with Gasteiger partial charge in [0.05, 0.1) is 27.8 Å². The monoisotopic (exact) mass is 679 g/mol. The van der Waals surface area contributed by atoms with Gasteiger partial charge in [0, 0.05) is 44.0 Å². The molecular weight excluding hydrogens is 647 g/mol. The molecule has 4 heteroatoms. The number of ether oxygens (including phenoxy) is 1. The van der Waals surface area contributed by atoms with Crippen molar-refractivity contribution < 1.29 is 4.74 Å². The van der Waals surface area contributed by atoms with Crippen molar-refractivity contribution >= 4 is 49.3 Å². The lowest BCUT2D eigenvalue weighted by Crippen LogP contribution is -2.09. The Labute approximate surface area is 306 Å². The maximum absolute atomic E-state index is 6.73. The molecule has 0 saturated carbocycles. The molecule has 2 aromatic heterocycles. The average Bonchev–Trinajstić information content (AvgIpc) is 3.92. The number of nitrogens with zero attached hydrogens (tertiary/aromatic N) is 2. The minimum atomic E-state index is -0.277. The second kappa shape index (κ2) is 11.8. The first-order chi connectivity index (χ1) is 26.3. The highest BCUT2D eigenvalue weighted by Crippen LogP contribution is 2.48. The molecule has 0 radical (unpaired) electrons. The van der Waals surface area contributed by atoms with E-state index in [4.69, 9.17) is 4.74 Å². The molecule has 0 spiro atoms. The fourth-order valence-electron chi connectivity index (χ4n) is 8.36. The van der Waals surface area contributed by atoms with Gasteiger partial charge in [0.2, 0.25) is 0 Å². The Bertz CT molecular complexity index is 2770. The fraction of sp³-hybridized carbons (Fsp3) is 0.0204. The van der Waals surface area contributed by atoms with Crippen LogP contribution in [0.4, 0.5) is 5.69 Å². The third-order valence-electron chi connectivity index (χ3n) is 10.7. The minimum absolute atomic E-state index is 0.277. The summed E-state index contributed by atoms with van der Waals surface area (Å²) in [6, 6.07) is 67.4. The molecule has 4 nitrogen and oxygen atoms in total. The van der Waals surface area contributed by atoms with Gasteiger partial charge < -0.3 is 19.2 Å². The van der Waals surface area contributed by atoms with Gasteiger partial charge in [-0.15, -0.1) is 0 Å². The lowest BCUT2D eigenvalue weighted by atomic mass is 9.96. The maximum Gasteiger partial charge on any atom is 0.196 e. The molecule has 1 N–H and O–H groups in total. The number of nitrogens with one attached hydrogen (secondary N) is 1. The second-order valence-corrected chi connectivity index (χ2v) is 13.8. The zero-order valence-electron chi connectivity index (χ0n) is 28.8. The van der Waals surface area contributed by atoms with Crippen LogP contribution >= 0.6 is 0 Å². The number of fused-ring (bicyclic) bond motifs is 7. The van der Waals surface area contributed by atoms with E-state index in [1.54, 1.807) is 0 Å². The SMILES string of the molecule is c1ccc(-c2cc(-c3cc(-n4c5ccccc5c5ccccc54)cc(-n4c5ccccc5c5ccccc54)c3)cc3c2NC(c2ccccc2)O3)cc1. The Morgan fingerprint density at radius 1 is 0.396 bits per heavy atom. The topological polar surface area (TPSA) is 31.1 Å². The van der Waals surface area contributed by atoms with E-state index < -0.39 is 0 Å². The minimum Gasteiger partial charge on any atom is -0.464 e. The molecule has 1 aliphatic rings. The first kappa shape index (κ1) is 29.7. The maximum atomic E-state index is 6.73. The number of benzene rings is 8. The molecular formula is C49H33N3O. The number of para-hydroxylation sites is 4. The van der Waals surface area contributed by atoms with Crippen molar-refractivity contribution in [2.24, 2.45) is 0 Å². The van der Waals surface area contributed by atoms with Crippen molar-refractivity contribution in [1.29, 1.82) is 0 Å². The number of aromatic nitrogens is 2. The quantitative estimate of drug-likeness (QED) is 0.196. The molecule has 250 valence electrons. The summed E-state index contributed by atoms with van der Waals surface area (Å²) in [5.41, 5.74) is 13.4. The van der Waals surface area contributed by atoms with E-state index in [0.29, 0.717) is 0 Å². The van der Waals surface area contributed by atoms with Crippen molar-refractivity contribution in [1.82, 2.24) is 9.13 Å². The van der Waals surface area contributed by atoms with E-state index in [0.717, 1.165) is 50.6 Å². The van der Waals surface area contributed by atoms with Crippen LogP contribution in [0.2, 0.25) is 0 Å². The van der Waals surface area contributed by atoms with Gasteiger partial charge in [-0.2, -0.15) is 0 Å². The standard InChI is InChI=1S/C49H33N3O/c1-3-15-32(16-4-1)42-29-35(30-47-48(42)50-49(53-47)33-17-5-2-6-18-33)34-27-36(51-43-23-11-7-19-38(43)39-20-8-12-24-44(39)51)31-37(28-34)52-45-25-13-9-21-40(45)41-22-10-14-26-46(41)52/h1-31,49-50H. The largest absolute Gasteiger partial charge is 0.464 e. The zero-order chi connectivity index (χ0) is 34.9. The lowest BCUT2D eigenvalue weighted by molar-refractivity contribution is 0.260. The average molecular weight is 680 g/mol. The summed E-state index contributed by atoms with van der Waals surface area (Å²) < 4.78 is 11.6. The molecule has 0 amide bonds. The molecule has 1 atom stereocenters. The molecule has 0 saturated heterocycles. The van der Waals surface area contributed by atoms with Gasteiger partial charge in [-0.3, -0.25) is 0 Å². The van der Waals surface area contributed by atoms with Crippen LogP contribution in [0.25, 0.3) is 77.2 Å². The third-order valence-corrected chi connectivity index (χ3v) is 10.7. The van der Waals surface area contributed by atoms with E-state index >= 15 is 0 Å². The van der Waals surface area contributed by atoms with Gasteiger partial charge in [0.1, 0.15) is 5.75 Å². The van der Waals surface area contributed by atoms with Gasteiger partial charge in [0.15, 0.2) is 6.23 Å². The van der Waals surface area contributed by atoms with Gasteiger partial charge in [-0.25, -0.2) is 0 Å². The number of rotatable bonds is 5. The molecule has 53 heavy (non-hydrogen) atoms. The summed E-state index contributed by atoms with van der Waals surface area (Å²) in [5.74, 6) is 0.843. The van der Waals surface area contributed by atoms with Crippen molar-refractivity contribution in [2.45, 2.75) is 6.23 Å². The summed E-state index contributed by atoms with van der Waals surface area (Å²) in [4.78, 5) is 0. The Kier molecular flexibility index (Phi) is 6.58. The van der Waals surface area contributed by atoms with Crippen LogP contribution in [0.5, 0.6) is 5.75 Å². The summed E-state index contributed by atoms with van der Waals surface area (Å²) in [5, 5.41) is 8.67. The Morgan fingerprint density at radius 3 is 1.34 bits per heavy atom. The van der Waals surface area contributed by atoms with Crippen molar-refractivity contribution in [2.75, 3.05) is 5.32 Å². The van der Waals surface area contributed by atoms with Crippen LogP contribution in [0, 0.1) is 0 Å². The highest BCUT2D eigenvalue weighted by Gasteiger charge is 2.28. The second-order valence-electron chi connectivity index (χ2n) is 13.8. The Morgan fingerprint density at radius 2 is 0.830 bits per heavy atom. The van der Waals surface area contributed by atoms with Gasteiger partial charge in [0.25, 0.3) is 0 Å². The van der Waals surface area contributed by atoms with Gasteiger partial charge >= 0.3 is 0 Å². The fourth-order valence-corrected chi connectivity index (χ4v) is 8.36. The van der Waals surface area contributed by atoms with Crippen LogP contribution in [0.1, 0.15) is 11.8 Å². The molecule has 0 fully saturated rings. The Hall–Kier alpha value is -7.04. The summed E-state index contributed by atoms with van der Waals surface area (Å²) in [6.45, 7) is 0. The summed E-state index contributed by atoms with van der Waals surface area (Å²) in [6.07, 6.45) is -0.277. The zero-order valence-corrected chi connectivity index (χ0v) is 28.8. The molecule has 1 unspecified atom stereocenters. The normalized spacial score (nSPS) is 13.8. The van der Waals surface area contributed by atoms with Crippen LogP contribution in [-0.4, -0.2) is 9.13 Å². The smallest absolute Gasteiger partial charge is 0.196 e. The molecule has 1 aliphatic heterocycles.